The van der Waals surface area contributed by atoms with Gasteiger partial charge < -0.3 is 5.73 Å². The number of carbonyl (C=O) groups excluding carboxylic acids is 1. The van der Waals surface area contributed by atoms with E-state index < -0.39 is 0 Å². The molecular formula is C24H18N2O. The molecule has 0 atom stereocenters. The molecule has 0 saturated heterocycles. The number of Topliss-reactive ketones (excluding diaryl/α,β-unsaturated/α-hetero) is 1. The predicted octanol–water partition coefficient (Wildman–Crippen LogP) is 5.18. The van der Waals surface area contributed by atoms with Crippen molar-refractivity contribution in [2.45, 2.75) is 12.8 Å². The van der Waals surface area contributed by atoms with Gasteiger partial charge in [0, 0.05) is 11.0 Å². The van der Waals surface area contributed by atoms with Gasteiger partial charge in [0.1, 0.15) is 0 Å². The maximum Gasteiger partial charge on any atom is 0.192 e. The summed E-state index contributed by atoms with van der Waals surface area (Å²) in [7, 11) is 0. The van der Waals surface area contributed by atoms with Gasteiger partial charge in [-0.2, -0.15) is 0 Å². The highest BCUT2D eigenvalue weighted by atomic mass is 16.1. The lowest BCUT2D eigenvalue weighted by Gasteiger charge is -2.20. The summed E-state index contributed by atoms with van der Waals surface area (Å²) in [5.74, 6) is -0.0000581. The zero-order chi connectivity index (χ0) is 18.4. The van der Waals surface area contributed by atoms with E-state index in [0.29, 0.717) is 17.7 Å². The Labute approximate surface area is 157 Å². The highest BCUT2D eigenvalue weighted by Gasteiger charge is 2.27. The van der Waals surface area contributed by atoms with Gasteiger partial charge >= 0.3 is 0 Å². The summed E-state index contributed by atoms with van der Waals surface area (Å²) >= 11 is 0. The van der Waals surface area contributed by atoms with Crippen LogP contribution >= 0.6 is 0 Å². The number of aryl methyl sites for hydroxylation is 1. The van der Waals surface area contributed by atoms with Crippen molar-refractivity contribution in [1.29, 1.82) is 0 Å². The Balaban J connectivity index is 1.66. The minimum absolute atomic E-state index is 0.0000581. The molecule has 0 spiro atoms. The van der Waals surface area contributed by atoms with Crippen molar-refractivity contribution in [3.63, 3.8) is 0 Å². The first kappa shape index (κ1) is 15.8. The quantitative estimate of drug-likeness (QED) is 0.481. The number of fused-ring (bicyclic) bond motifs is 3. The Kier molecular flexibility index (Phi) is 3.54. The molecule has 1 aromatic heterocycles. The molecule has 1 heterocycles. The second-order valence-corrected chi connectivity index (χ2v) is 6.93. The number of hydrogen-bond acceptors (Lipinski definition) is 3. The molecule has 0 unspecified atom stereocenters. The highest BCUT2D eigenvalue weighted by Crippen LogP contribution is 2.34. The van der Waals surface area contributed by atoms with E-state index in [-0.39, 0.29) is 5.78 Å². The van der Waals surface area contributed by atoms with Gasteiger partial charge in [0.25, 0.3) is 0 Å². The molecule has 3 nitrogen and oxygen atoms in total. The van der Waals surface area contributed by atoms with E-state index in [4.69, 9.17) is 10.7 Å². The smallest absolute Gasteiger partial charge is 0.192 e. The molecule has 2 N–H and O–H groups in total. The van der Waals surface area contributed by atoms with Gasteiger partial charge in [-0.3, -0.25) is 9.78 Å². The largest absolute Gasteiger partial charge is 0.398 e. The second-order valence-electron chi connectivity index (χ2n) is 6.93. The molecule has 4 aromatic rings. The molecule has 0 aliphatic heterocycles. The lowest BCUT2D eigenvalue weighted by Crippen LogP contribution is -2.18. The first-order chi connectivity index (χ1) is 13.2. The minimum atomic E-state index is -0.0000581. The molecule has 0 radical (unpaired) electrons. The van der Waals surface area contributed by atoms with Crippen molar-refractivity contribution in [3.8, 4) is 0 Å². The van der Waals surface area contributed by atoms with E-state index in [1.165, 1.54) is 5.39 Å². The third kappa shape index (κ3) is 2.51. The van der Waals surface area contributed by atoms with Gasteiger partial charge in [-0.1, -0.05) is 60.7 Å². The number of para-hydroxylation sites is 1. The predicted molar refractivity (Wildman–Crippen MR) is 111 cm³/mol. The highest BCUT2D eigenvalue weighted by molar-refractivity contribution is 6.19. The molecule has 1 aliphatic carbocycles. The summed E-state index contributed by atoms with van der Waals surface area (Å²) in [4.78, 5) is 17.9. The number of nitrogen functional groups attached to an aromatic ring is 1. The number of hydrogen-bond donors (Lipinski definition) is 1. The Morgan fingerprint density at radius 1 is 0.852 bits per heavy atom. The molecule has 0 bridgehead atoms. The number of nitrogens with zero attached hydrogens (tertiary/aromatic N) is 1. The Bertz CT molecular complexity index is 1250. The normalized spacial score (nSPS) is 15.4. The molecule has 1 aliphatic rings. The van der Waals surface area contributed by atoms with Crippen molar-refractivity contribution < 1.29 is 4.79 Å². The van der Waals surface area contributed by atoms with E-state index in [1.54, 1.807) is 0 Å². The first-order valence-electron chi connectivity index (χ1n) is 9.12. The average Bonchev–Trinajstić information content (AvgIpc) is 2.70. The number of anilines is 1. The Hall–Kier alpha value is -3.46. The third-order valence-corrected chi connectivity index (χ3v) is 5.31. The van der Waals surface area contributed by atoms with Crippen LogP contribution in [0.4, 0.5) is 5.69 Å². The fourth-order valence-corrected chi connectivity index (χ4v) is 3.95. The van der Waals surface area contributed by atoms with Crippen molar-refractivity contribution in [1.82, 2.24) is 4.98 Å². The summed E-state index contributed by atoms with van der Waals surface area (Å²) < 4.78 is 0. The van der Waals surface area contributed by atoms with E-state index in [9.17, 15) is 4.79 Å². The zero-order valence-corrected chi connectivity index (χ0v) is 14.8. The van der Waals surface area contributed by atoms with Gasteiger partial charge in [0.2, 0.25) is 0 Å². The van der Waals surface area contributed by atoms with Gasteiger partial charge in [-0.25, -0.2) is 0 Å². The van der Waals surface area contributed by atoms with Gasteiger partial charge in [-0.05, 0) is 41.3 Å². The fourth-order valence-electron chi connectivity index (χ4n) is 3.95. The van der Waals surface area contributed by atoms with Crippen molar-refractivity contribution in [3.05, 3.63) is 89.1 Å². The number of ketones is 1. The number of carbonyl (C=O) groups is 1. The number of aromatic nitrogens is 1. The number of nitrogens with two attached hydrogens (primary N) is 1. The monoisotopic (exact) mass is 350 g/mol. The first-order valence-corrected chi connectivity index (χ1v) is 9.12. The fraction of sp³-hybridized carbons (Fsp3) is 0.0833. The van der Waals surface area contributed by atoms with E-state index in [1.807, 2.05) is 48.5 Å². The van der Waals surface area contributed by atoms with Crippen LogP contribution in [0.2, 0.25) is 0 Å². The van der Waals surface area contributed by atoms with Crippen LogP contribution in [-0.4, -0.2) is 10.8 Å². The lowest BCUT2D eigenvalue weighted by atomic mass is 9.86. The van der Waals surface area contributed by atoms with Crippen molar-refractivity contribution >= 4 is 39.2 Å². The lowest BCUT2D eigenvalue weighted by molar-refractivity contribution is 0.102. The second kappa shape index (κ2) is 6.06. The molecule has 0 fully saturated rings. The number of rotatable bonds is 1. The summed E-state index contributed by atoms with van der Waals surface area (Å²) in [6.07, 6.45) is 3.43. The number of allylic oxidation sites excluding steroid dienone is 1. The van der Waals surface area contributed by atoms with Crippen molar-refractivity contribution in [2.75, 3.05) is 5.73 Å². The number of pyridine rings is 1. The summed E-state index contributed by atoms with van der Waals surface area (Å²) in [6, 6.07) is 22.1. The molecule has 0 amide bonds. The van der Waals surface area contributed by atoms with Gasteiger partial charge in [0.15, 0.2) is 5.78 Å². The average molecular weight is 350 g/mol. The van der Waals surface area contributed by atoms with E-state index >= 15 is 0 Å². The van der Waals surface area contributed by atoms with Crippen LogP contribution in [-0.2, 0) is 6.42 Å². The zero-order valence-electron chi connectivity index (χ0n) is 14.8. The number of benzene rings is 3. The van der Waals surface area contributed by atoms with Crippen molar-refractivity contribution in [2.24, 2.45) is 0 Å². The minimum Gasteiger partial charge on any atom is -0.398 e. The van der Waals surface area contributed by atoms with Crippen LogP contribution in [0, 0.1) is 0 Å². The SMILES string of the molecule is Nc1c2c(nc3ccccc13)CC/C(=C\c1cccc3ccccc13)C2=O. The molecule has 5 rings (SSSR count). The van der Waals surface area contributed by atoms with Crippen LogP contribution in [0.15, 0.2) is 72.3 Å². The Morgan fingerprint density at radius 3 is 2.48 bits per heavy atom. The van der Waals surface area contributed by atoms with Crippen LogP contribution in [0.3, 0.4) is 0 Å². The van der Waals surface area contributed by atoms with Crippen LogP contribution < -0.4 is 5.73 Å². The molecular weight excluding hydrogens is 332 g/mol. The van der Waals surface area contributed by atoms with Crippen LogP contribution in [0.5, 0.6) is 0 Å². The van der Waals surface area contributed by atoms with E-state index in [2.05, 4.69) is 24.3 Å². The topological polar surface area (TPSA) is 56.0 Å². The third-order valence-electron chi connectivity index (χ3n) is 5.31. The molecule has 3 aromatic carbocycles. The summed E-state index contributed by atoms with van der Waals surface area (Å²) in [6.45, 7) is 0. The molecule has 27 heavy (non-hydrogen) atoms. The maximum absolute atomic E-state index is 13.2. The molecule has 130 valence electrons. The van der Waals surface area contributed by atoms with E-state index in [0.717, 1.165) is 39.5 Å². The Morgan fingerprint density at radius 2 is 1.59 bits per heavy atom. The molecule has 0 saturated carbocycles. The van der Waals surface area contributed by atoms with Gasteiger partial charge in [-0.15, -0.1) is 0 Å². The standard InChI is InChI=1S/C24H18N2O/c25-23-19-10-3-4-11-20(19)26-21-13-12-17(24(27)22(21)23)14-16-8-5-7-15-6-1-2-9-18(15)16/h1-11,14H,12-13H2,(H2,25,26)/b17-14+. The maximum atomic E-state index is 13.2. The van der Waals surface area contributed by atoms with Crippen LogP contribution in [0.1, 0.15) is 28.0 Å². The summed E-state index contributed by atoms with van der Waals surface area (Å²) in [5, 5.41) is 3.16. The van der Waals surface area contributed by atoms with Gasteiger partial charge in [0.05, 0.1) is 22.5 Å². The summed E-state index contributed by atoms with van der Waals surface area (Å²) in [5.41, 5.74) is 11.0. The molecule has 3 heteroatoms. The van der Waals surface area contributed by atoms with Crippen LogP contribution in [0.25, 0.3) is 27.8 Å².